The second-order valence-corrected chi connectivity index (χ2v) is 7.83. The standard InChI is InChI=1S/C23H26O13/c1-29-11-5-9-10(6-12(11)35-36-23-20(28)19(27)18(26)15(8-24)34-23)33-13-7-14(30-2)21(31-3)22(32-4)16(13)17(9)25/h5-7,15,18-20,23-24,26-28H,8H2,1-4H3/t15-,18-,19+,20-,23+/m1/s1. The van der Waals surface area contributed by atoms with Crippen LogP contribution in [0.5, 0.6) is 28.7 Å². The predicted molar refractivity (Wildman–Crippen MR) is 122 cm³/mol. The van der Waals surface area contributed by atoms with Gasteiger partial charge in [0.2, 0.25) is 23.2 Å². The van der Waals surface area contributed by atoms with Gasteiger partial charge in [-0.3, -0.25) is 4.79 Å². The van der Waals surface area contributed by atoms with E-state index in [4.69, 9.17) is 37.9 Å². The summed E-state index contributed by atoms with van der Waals surface area (Å²) in [5.74, 6) is 0.641. The summed E-state index contributed by atoms with van der Waals surface area (Å²) in [7, 11) is 5.56. The molecule has 2 heterocycles. The molecule has 0 aliphatic carbocycles. The Kier molecular flexibility index (Phi) is 7.40. The monoisotopic (exact) mass is 510 g/mol. The van der Waals surface area contributed by atoms with Crippen LogP contribution in [0.1, 0.15) is 0 Å². The quantitative estimate of drug-likeness (QED) is 0.182. The fourth-order valence-corrected chi connectivity index (χ4v) is 3.96. The van der Waals surface area contributed by atoms with Crippen molar-refractivity contribution in [3.05, 3.63) is 28.4 Å². The molecule has 196 valence electrons. The van der Waals surface area contributed by atoms with Crippen LogP contribution in [0.2, 0.25) is 0 Å². The summed E-state index contributed by atoms with van der Waals surface area (Å²) in [5, 5.41) is 39.6. The van der Waals surface area contributed by atoms with E-state index in [-0.39, 0.29) is 50.7 Å². The van der Waals surface area contributed by atoms with Crippen LogP contribution < -0.4 is 29.3 Å². The number of hydrogen-bond acceptors (Lipinski definition) is 13. The number of aliphatic hydroxyl groups is 4. The van der Waals surface area contributed by atoms with Crippen LogP contribution in [0.4, 0.5) is 0 Å². The molecule has 1 aliphatic rings. The van der Waals surface area contributed by atoms with Gasteiger partial charge in [-0.15, -0.1) is 0 Å². The van der Waals surface area contributed by atoms with E-state index in [2.05, 4.69) is 0 Å². The van der Waals surface area contributed by atoms with Crippen LogP contribution in [-0.4, -0.2) is 86.2 Å². The molecule has 0 saturated carbocycles. The van der Waals surface area contributed by atoms with Crippen LogP contribution in [0.25, 0.3) is 21.9 Å². The van der Waals surface area contributed by atoms with Crippen molar-refractivity contribution in [3.8, 4) is 28.7 Å². The van der Waals surface area contributed by atoms with Gasteiger partial charge < -0.3 is 53.4 Å². The van der Waals surface area contributed by atoms with E-state index in [0.29, 0.717) is 0 Å². The lowest BCUT2D eigenvalue weighted by molar-refractivity contribution is -0.387. The normalized spacial score (nSPS) is 24.1. The van der Waals surface area contributed by atoms with Gasteiger partial charge in [0.1, 0.15) is 41.0 Å². The van der Waals surface area contributed by atoms with E-state index in [1.54, 1.807) is 0 Å². The number of fused-ring (bicyclic) bond motifs is 2. The van der Waals surface area contributed by atoms with E-state index >= 15 is 0 Å². The van der Waals surface area contributed by atoms with E-state index in [0.717, 1.165) is 0 Å². The Morgan fingerprint density at radius 1 is 0.806 bits per heavy atom. The molecule has 3 aromatic rings. The van der Waals surface area contributed by atoms with E-state index in [1.165, 1.54) is 46.6 Å². The van der Waals surface area contributed by atoms with Crippen molar-refractivity contribution in [2.45, 2.75) is 30.7 Å². The van der Waals surface area contributed by atoms with Gasteiger partial charge in [-0.25, -0.2) is 0 Å². The molecule has 2 aromatic carbocycles. The van der Waals surface area contributed by atoms with Crippen molar-refractivity contribution in [2.75, 3.05) is 35.0 Å². The summed E-state index contributed by atoms with van der Waals surface area (Å²) in [5.41, 5.74) is -0.202. The highest BCUT2D eigenvalue weighted by Crippen LogP contribution is 2.43. The van der Waals surface area contributed by atoms with Gasteiger partial charge in [-0.2, -0.15) is 4.89 Å². The topological polar surface area (TPSA) is 176 Å². The Bertz CT molecular complexity index is 1300. The maximum atomic E-state index is 13.4. The second kappa shape index (κ2) is 10.3. The van der Waals surface area contributed by atoms with Gasteiger partial charge in [0.15, 0.2) is 17.2 Å². The molecule has 0 amide bonds. The number of aliphatic hydroxyl groups excluding tert-OH is 4. The molecular weight excluding hydrogens is 484 g/mol. The van der Waals surface area contributed by atoms with Crippen LogP contribution in [0.3, 0.4) is 0 Å². The molecule has 0 unspecified atom stereocenters. The van der Waals surface area contributed by atoms with Crippen molar-refractivity contribution in [3.63, 3.8) is 0 Å². The van der Waals surface area contributed by atoms with Crippen molar-refractivity contribution in [1.29, 1.82) is 0 Å². The number of ether oxygens (including phenoxy) is 5. The molecule has 36 heavy (non-hydrogen) atoms. The molecule has 0 spiro atoms. The molecule has 1 fully saturated rings. The zero-order chi connectivity index (χ0) is 26.1. The maximum Gasteiger partial charge on any atom is 0.232 e. The molecule has 0 radical (unpaired) electrons. The summed E-state index contributed by atoms with van der Waals surface area (Å²) in [4.78, 5) is 23.8. The Morgan fingerprint density at radius 2 is 1.47 bits per heavy atom. The third-order valence-electron chi connectivity index (χ3n) is 5.83. The second-order valence-electron chi connectivity index (χ2n) is 7.83. The minimum atomic E-state index is -1.69. The van der Waals surface area contributed by atoms with Gasteiger partial charge in [0, 0.05) is 12.1 Å². The number of hydrogen-bond donors (Lipinski definition) is 4. The summed E-state index contributed by atoms with van der Waals surface area (Å²) in [6.45, 7) is -0.639. The number of methoxy groups -OCH3 is 4. The van der Waals surface area contributed by atoms with Crippen LogP contribution in [0, 0.1) is 0 Å². The van der Waals surface area contributed by atoms with Crippen molar-refractivity contribution in [2.24, 2.45) is 0 Å². The van der Waals surface area contributed by atoms with Gasteiger partial charge in [0.25, 0.3) is 0 Å². The highest BCUT2D eigenvalue weighted by atomic mass is 17.2. The minimum Gasteiger partial charge on any atom is -0.493 e. The van der Waals surface area contributed by atoms with Crippen LogP contribution in [-0.2, 0) is 9.62 Å². The lowest BCUT2D eigenvalue weighted by atomic mass is 9.99. The molecule has 4 rings (SSSR count). The smallest absolute Gasteiger partial charge is 0.232 e. The zero-order valence-electron chi connectivity index (χ0n) is 19.8. The van der Waals surface area contributed by atoms with Gasteiger partial charge >= 0.3 is 0 Å². The molecule has 1 aromatic heterocycles. The molecule has 5 atom stereocenters. The summed E-state index contributed by atoms with van der Waals surface area (Å²) in [6.07, 6.45) is -7.66. The first-order valence-corrected chi connectivity index (χ1v) is 10.7. The van der Waals surface area contributed by atoms with Crippen molar-refractivity contribution in [1.82, 2.24) is 0 Å². The van der Waals surface area contributed by atoms with Crippen LogP contribution in [0.15, 0.2) is 27.4 Å². The third-order valence-corrected chi connectivity index (χ3v) is 5.83. The van der Waals surface area contributed by atoms with Gasteiger partial charge in [-0.1, -0.05) is 0 Å². The Balaban J connectivity index is 1.76. The average Bonchev–Trinajstić information content (AvgIpc) is 2.89. The SMILES string of the molecule is COc1cc2c(=O)c3c(OC)c(OC)c(OC)cc3oc2cc1OO[C@@H]1O[C@H](CO)[C@@H](O)[C@H](O)[C@H]1O. The Morgan fingerprint density at radius 3 is 2.08 bits per heavy atom. The first-order valence-electron chi connectivity index (χ1n) is 10.7. The maximum absolute atomic E-state index is 13.4. The van der Waals surface area contributed by atoms with Crippen molar-refractivity contribution >= 4 is 21.9 Å². The zero-order valence-corrected chi connectivity index (χ0v) is 19.8. The summed E-state index contributed by atoms with van der Waals surface area (Å²) in [6, 6.07) is 4.16. The fraction of sp³-hybridized carbons (Fsp3) is 0.435. The third kappa shape index (κ3) is 4.25. The molecule has 4 N–H and O–H groups in total. The predicted octanol–water partition coefficient (Wildman–Crippen LogP) is 0.0909. The van der Waals surface area contributed by atoms with E-state index < -0.39 is 42.7 Å². The first-order chi connectivity index (χ1) is 17.3. The molecule has 0 bridgehead atoms. The lowest BCUT2D eigenvalue weighted by Gasteiger charge is -2.38. The molecule has 1 aliphatic heterocycles. The summed E-state index contributed by atoms with van der Waals surface area (Å²) >= 11 is 0. The summed E-state index contributed by atoms with van der Waals surface area (Å²) < 4.78 is 32.6. The number of rotatable bonds is 8. The van der Waals surface area contributed by atoms with Crippen molar-refractivity contribution < 1.29 is 58.3 Å². The minimum absolute atomic E-state index is 0.0584. The molecular formula is C23H26O13. The molecule has 13 nitrogen and oxygen atoms in total. The fourth-order valence-electron chi connectivity index (χ4n) is 3.96. The molecule has 1 saturated heterocycles. The highest BCUT2D eigenvalue weighted by Gasteiger charge is 2.45. The van der Waals surface area contributed by atoms with E-state index in [1.807, 2.05) is 0 Å². The Labute approximate surface area is 203 Å². The first kappa shape index (κ1) is 25.8. The van der Waals surface area contributed by atoms with E-state index in [9.17, 15) is 25.2 Å². The molecule has 13 heteroatoms. The Hall–Kier alpha value is -3.33. The number of benzene rings is 2. The largest absolute Gasteiger partial charge is 0.493 e. The van der Waals surface area contributed by atoms with Gasteiger partial charge in [-0.05, 0) is 6.07 Å². The average molecular weight is 510 g/mol. The highest BCUT2D eigenvalue weighted by molar-refractivity contribution is 5.97. The van der Waals surface area contributed by atoms with Gasteiger partial charge in [0.05, 0.1) is 40.4 Å². The lowest BCUT2D eigenvalue weighted by Crippen LogP contribution is -2.59. The van der Waals surface area contributed by atoms with Crippen LogP contribution >= 0.6 is 0 Å².